The highest BCUT2D eigenvalue weighted by Gasteiger charge is 2.49. The number of aliphatic hydroxyl groups is 1. The number of hydrogen-bond acceptors (Lipinski definition) is 6. The van der Waals surface area contributed by atoms with Crippen LogP contribution in [-0.2, 0) is 23.1 Å². The van der Waals surface area contributed by atoms with Gasteiger partial charge in [0, 0.05) is 16.0 Å². The van der Waals surface area contributed by atoms with Crippen LogP contribution >= 0.6 is 34.7 Å². The van der Waals surface area contributed by atoms with Gasteiger partial charge in [0.05, 0.1) is 39.6 Å². The van der Waals surface area contributed by atoms with Crippen LogP contribution < -0.4 is 4.74 Å². The highest BCUT2D eigenvalue weighted by molar-refractivity contribution is 7.06. The third-order valence-electron chi connectivity index (χ3n) is 8.09. The average molecular weight is 649 g/mol. The minimum Gasteiger partial charge on any atom is -0.489 e. The van der Waals surface area contributed by atoms with Crippen molar-refractivity contribution >= 4 is 40.7 Å². The molecule has 0 amide bonds. The van der Waals surface area contributed by atoms with Crippen molar-refractivity contribution < 1.29 is 32.5 Å². The van der Waals surface area contributed by atoms with E-state index in [0.717, 1.165) is 34.9 Å². The number of methoxy groups -OCH3 is 1. The SMILES string of the molecule is COC(=O)c1cccc(C2CC(O)(c3ccc(OCc4c(-c5c(Cl)cccc5Cl)nsc4C4CC4)cc3C(F)(F)F)C2)c1. The van der Waals surface area contributed by atoms with E-state index in [2.05, 4.69) is 4.37 Å². The minimum absolute atomic E-state index is 0.0151. The molecule has 0 spiro atoms. The number of rotatable bonds is 8. The van der Waals surface area contributed by atoms with E-state index in [-0.39, 0.29) is 36.7 Å². The Morgan fingerprint density at radius 2 is 1.74 bits per heavy atom. The minimum atomic E-state index is -4.72. The molecule has 2 aliphatic carbocycles. The molecule has 1 N–H and O–H groups in total. The predicted molar refractivity (Wildman–Crippen MR) is 159 cm³/mol. The molecule has 1 aromatic heterocycles. The molecular weight excluding hydrogens is 622 g/mol. The lowest BCUT2D eigenvalue weighted by Gasteiger charge is -2.45. The Labute approximate surface area is 260 Å². The van der Waals surface area contributed by atoms with Crippen molar-refractivity contribution in [2.75, 3.05) is 7.11 Å². The molecule has 6 rings (SSSR count). The summed E-state index contributed by atoms with van der Waals surface area (Å²) in [5, 5.41) is 12.2. The zero-order chi connectivity index (χ0) is 30.5. The summed E-state index contributed by atoms with van der Waals surface area (Å²) in [4.78, 5) is 12.9. The number of benzene rings is 3. The predicted octanol–water partition coefficient (Wildman–Crippen LogP) is 9.14. The molecule has 224 valence electrons. The molecule has 11 heteroatoms. The lowest BCUT2D eigenvalue weighted by molar-refractivity contribution is -0.143. The summed E-state index contributed by atoms with van der Waals surface area (Å²) >= 11 is 14.2. The second-order valence-corrected chi connectivity index (χ2v) is 12.6. The monoisotopic (exact) mass is 647 g/mol. The van der Waals surface area contributed by atoms with Gasteiger partial charge in [-0.1, -0.05) is 47.5 Å². The van der Waals surface area contributed by atoms with Gasteiger partial charge >= 0.3 is 12.1 Å². The van der Waals surface area contributed by atoms with Crippen LogP contribution in [0.4, 0.5) is 13.2 Å². The molecule has 0 unspecified atom stereocenters. The van der Waals surface area contributed by atoms with Gasteiger partial charge in [-0.2, -0.15) is 17.5 Å². The van der Waals surface area contributed by atoms with Gasteiger partial charge in [0.15, 0.2) is 0 Å². The molecule has 0 saturated heterocycles. The van der Waals surface area contributed by atoms with Crippen LogP contribution in [0.15, 0.2) is 60.7 Å². The summed E-state index contributed by atoms with van der Waals surface area (Å²) in [6.07, 6.45) is -2.56. The number of halogens is 5. The first-order chi connectivity index (χ1) is 20.5. The smallest absolute Gasteiger partial charge is 0.416 e. The van der Waals surface area contributed by atoms with E-state index in [9.17, 15) is 23.1 Å². The maximum atomic E-state index is 14.3. The molecule has 0 bridgehead atoms. The first-order valence-electron chi connectivity index (χ1n) is 13.7. The van der Waals surface area contributed by atoms with Crippen LogP contribution in [0.25, 0.3) is 11.3 Å². The summed E-state index contributed by atoms with van der Waals surface area (Å²) < 4.78 is 58.3. The van der Waals surface area contributed by atoms with Gasteiger partial charge in [-0.25, -0.2) is 4.79 Å². The molecule has 2 aliphatic rings. The normalized spacial score (nSPS) is 20.0. The van der Waals surface area contributed by atoms with E-state index in [0.29, 0.717) is 32.8 Å². The number of hydrogen-bond donors (Lipinski definition) is 1. The molecule has 4 aromatic rings. The van der Waals surface area contributed by atoms with E-state index in [4.69, 9.17) is 32.7 Å². The number of carbonyl (C=O) groups is 1. The lowest BCUT2D eigenvalue weighted by Crippen LogP contribution is -2.41. The molecule has 2 saturated carbocycles. The van der Waals surface area contributed by atoms with Gasteiger partial charge in [-0.15, -0.1) is 0 Å². The van der Waals surface area contributed by atoms with Crippen molar-refractivity contribution in [3.05, 3.63) is 103 Å². The first kappa shape index (κ1) is 29.9. The highest BCUT2D eigenvalue weighted by atomic mass is 35.5. The summed E-state index contributed by atoms with van der Waals surface area (Å²) in [6.45, 7) is -0.0151. The number of nitrogens with zero attached hydrogens (tertiary/aromatic N) is 1. The molecule has 43 heavy (non-hydrogen) atoms. The number of ether oxygens (including phenoxy) is 2. The number of esters is 1. The van der Waals surface area contributed by atoms with Crippen LogP contribution in [-0.4, -0.2) is 22.6 Å². The molecule has 0 radical (unpaired) electrons. The maximum Gasteiger partial charge on any atom is 0.416 e. The summed E-state index contributed by atoms with van der Waals surface area (Å²) in [5.74, 6) is -0.372. The topological polar surface area (TPSA) is 68.7 Å². The van der Waals surface area contributed by atoms with Crippen molar-refractivity contribution in [2.24, 2.45) is 0 Å². The van der Waals surface area contributed by atoms with Crippen molar-refractivity contribution in [1.82, 2.24) is 4.37 Å². The fourth-order valence-corrected chi connectivity index (χ4v) is 7.32. The van der Waals surface area contributed by atoms with Crippen molar-refractivity contribution in [3.8, 4) is 17.0 Å². The number of aromatic nitrogens is 1. The third kappa shape index (κ3) is 5.88. The van der Waals surface area contributed by atoms with E-state index in [1.165, 1.54) is 30.8 Å². The van der Waals surface area contributed by atoms with Crippen LogP contribution in [0.3, 0.4) is 0 Å². The number of carbonyl (C=O) groups excluding carboxylic acids is 1. The van der Waals surface area contributed by atoms with Crippen LogP contribution in [0.2, 0.25) is 10.0 Å². The molecule has 2 fully saturated rings. The summed E-state index contributed by atoms with van der Waals surface area (Å²) in [6, 6.07) is 15.6. The molecule has 5 nitrogen and oxygen atoms in total. The average Bonchev–Trinajstić information content (AvgIpc) is 3.73. The molecule has 1 heterocycles. The van der Waals surface area contributed by atoms with Gasteiger partial charge in [0.1, 0.15) is 12.4 Å². The Balaban J connectivity index is 1.25. The van der Waals surface area contributed by atoms with E-state index >= 15 is 0 Å². The van der Waals surface area contributed by atoms with Crippen molar-refractivity contribution in [3.63, 3.8) is 0 Å². The Hall–Kier alpha value is -3.11. The number of alkyl halides is 3. The highest BCUT2D eigenvalue weighted by Crippen LogP contribution is 2.54. The Bertz CT molecular complexity index is 1680. The summed E-state index contributed by atoms with van der Waals surface area (Å²) in [5.41, 5.74) is 0.167. The Kier molecular flexibility index (Phi) is 7.96. The van der Waals surface area contributed by atoms with Gasteiger partial charge in [0.2, 0.25) is 0 Å². The lowest BCUT2D eigenvalue weighted by atomic mass is 9.64. The second kappa shape index (κ2) is 11.4. The fourth-order valence-electron chi connectivity index (χ4n) is 5.71. The standard InChI is InChI=1S/C32H26Cl2F3NO4S/c1-41-30(39)19-5-2-4-18(12-19)20-14-31(40,15-20)23-11-10-21(13-24(23)32(35,36)37)42-16-22-28(38-43-29(22)17-8-9-17)27-25(33)6-3-7-26(27)34/h2-7,10-13,17,20,40H,8-9,14-16H2,1H3. The van der Waals surface area contributed by atoms with Crippen molar-refractivity contribution in [1.29, 1.82) is 0 Å². The van der Waals surface area contributed by atoms with Crippen LogP contribution in [0.5, 0.6) is 5.75 Å². The Morgan fingerprint density at radius 3 is 2.40 bits per heavy atom. The van der Waals surface area contributed by atoms with Crippen LogP contribution in [0, 0.1) is 0 Å². The quantitative estimate of drug-likeness (QED) is 0.193. The zero-order valence-corrected chi connectivity index (χ0v) is 25.2. The molecule has 0 aliphatic heterocycles. The van der Waals surface area contributed by atoms with E-state index in [1.807, 2.05) is 0 Å². The Morgan fingerprint density at radius 1 is 1.05 bits per heavy atom. The summed E-state index contributed by atoms with van der Waals surface area (Å²) in [7, 11) is 1.28. The zero-order valence-electron chi connectivity index (χ0n) is 22.9. The molecule has 0 atom stereocenters. The van der Waals surface area contributed by atoms with E-state index < -0.39 is 23.3 Å². The first-order valence-corrected chi connectivity index (χ1v) is 15.2. The third-order valence-corrected chi connectivity index (χ3v) is 9.77. The molecule has 3 aromatic carbocycles. The van der Waals surface area contributed by atoms with E-state index in [1.54, 1.807) is 42.5 Å². The fraction of sp³-hybridized carbons (Fsp3) is 0.312. The van der Waals surface area contributed by atoms with Gasteiger partial charge in [-0.05, 0) is 96.6 Å². The largest absolute Gasteiger partial charge is 0.489 e. The van der Waals surface area contributed by atoms with Gasteiger partial charge in [-0.3, -0.25) is 0 Å². The van der Waals surface area contributed by atoms with Crippen molar-refractivity contribution in [2.45, 2.75) is 55.9 Å². The molecular formula is C32H26Cl2F3NO4S. The van der Waals surface area contributed by atoms with Crippen LogP contribution in [0.1, 0.15) is 75.0 Å². The second-order valence-electron chi connectivity index (χ2n) is 11.0. The maximum absolute atomic E-state index is 14.3. The van der Waals surface area contributed by atoms with Gasteiger partial charge < -0.3 is 14.6 Å². The van der Waals surface area contributed by atoms with Gasteiger partial charge in [0.25, 0.3) is 0 Å².